The molecule has 0 fully saturated rings. The van der Waals surface area contributed by atoms with Gasteiger partial charge in [-0.2, -0.15) is 5.10 Å². The summed E-state index contributed by atoms with van der Waals surface area (Å²) < 4.78 is 0. The fourth-order valence-electron chi connectivity index (χ4n) is 3.28. The SMILES string of the molecule is Oc1ccc(-c2nc3n[nH]c(-c4ccccc4)c3nc2-c2ccc(O)cc2)cc1. The lowest BCUT2D eigenvalue weighted by molar-refractivity contribution is 0.475. The molecule has 3 N–H and O–H groups in total. The van der Waals surface area contributed by atoms with Gasteiger partial charge in [-0.15, -0.1) is 0 Å². The number of nitrogens with zero attached hydrogens (tertiary/aromatic N) is 3. The Morgan fingerprint density at radius 3 is 1.72 bits per heavy atom. The summed E-state index contributed by atoms with van der Waals surface area (Å²) in [6.45, 7) is 0. The van der Waals surface area contributed by atoms with E-state index in [-0.39, 0.29) is 11.5 Å². The van der Waals surface area contributed by atoms with E-state index in [4.69, 9.17) is 9.97 Å². The summed E-state index contributed by atoms with van der Waals surface area (Å²) in [5.41, 5.74) is 5.89. The van der Waals surface area contributed by atoms with Crippen LogP contribution in [0.5, 0.6) is 11.5 Å². The Bertz CT molecular complexity index is 1300. The summed E-state index contributed by atoms with van der Waals surface area (Å²) in [6, 6.07) is 23.5. The predicted octanol–water partition coefficient (Wildman–Crippen LogP) is 4.77. The van der Waals surface area contributed by atoms with Gasteiger partial charge in [-0.25, -0.2) is 9.97 Å². The zero-order valence-corrected chi connectivity index (χ0v) is 15.2. The molecule has 2 heterocycles. The molecule has 0 unspecified atom stereocenters. The van der Waals surface area contributed by atoms with Crippen molar-refractivity contribution in [3.63, 3.8) is 0 Å². The van der Waals surface area contributed by atoms with Crippen LogP contribution >= 0.6 is 0 Å². The Morgan fingerprint density at radius 1 is 0.586 bits per heavy atom. The minimum absolute atomic E-state index is 0.181. The first-order valence-electron chi connectivity index (χ1n) is 9.09. The molecule has 5 rings (SSSR count). The van der Waals surface area contributed by atoms with Crippen LogP contribution in [-0.4, -0.2) is 30.4 Å². The zero-order valence-electron chi connectivity index (χ0n) is 15.2. The molecule has 0 aliphatic heterocycles. The fourth-order valence-corrected chi connectivity index (χ4v) is 3.28. The van der Waals surface area contributed by atoms with Crippen LogP contribution in [0.4, 0.5) is 0 Å². The van der Waals surface area contributed by atoms with Gasteiger partial charge in [0, 0.05) is 16.7 Å². The number of phenols is 2. The monoisotopic (exact) mass is 380 g/mol. The van der Waals surface area contributed by atoms with Gasteiger partial charge in [0.1, 0.15) is 17.0 Å². The van der Waals surface area contributed by atoms with Crippen LogP contribution < -0.4 is 0 Å². The number of aromatic nitrogens is 4. The van der Waals surface area contributed by atoms with Crippen molar-refractivity contribution in [2.24, 2.45) is 0 Å². The van der Waals surface area contributed by atoms with E-state index in [0.29, 0.717) is 22.6 Å². The van der Waals surface area contributed by atoms with E-state index < -0.39 is 0 Å². The van der Waals surface area contributed by atoms with Crippen LogP contribution in [0.3, 0.4) is 0 Å². The van der Waals surface area contributed by atoms with E-state index in [1.165, 1.54) is 0 Å². The fraction of sp³-hybridized carbons (Fsp3) is 0. The maximum Gasteiger partial charge on any atom is 0.200 e. The van der Waals surface area contributed by atoms with Gasteiger partial charge in [0.2, 0.25) is 5.65 Å². The highest BCUT2D eigenvalue weighted by Crippen LogP contribution is 2.34. The topological polar surface area (TPSA) is 94.9 Å². The Hall–Kier alpha value is -4.19. The minimum Gasteiger partial charge on any atom is -0.508 e. The molecule has 29 heavy (non-hydrogen) atoms. The number of benzene rings is 3. The number of hydrogen-bond acceptors (Lipinski definition) is 5. The van der Waals surface area contributed by atoms with E-state index >= 15 is 0 Å². The van der Waals surface area contributed by atoms with Crippen molar-refractivity contribution < 1.29 is 10.2 Å². The lowest BCUT2D eigenvalue weighted by Crippen LogP contribution is -1.95. The number of hydrogen-bond donors (Lipinski definition) is 3. The largest absolute Gasteiger partial charge is 0.508 e. The van der Waals surface area contributed by atoms with E-state index in [2.05, 4.69) is 10.2 Å². The molecule has 3 aromatic carbocycles. The van der Waals surface area contributed by atoms with Crippen molar-refractivity contribution in [2.45, 2.75) is 0 Å². The molecule has 6 nitrogen and oxygen atoms in total. The van der Waals surface area contributed by atoms with Crippen molar-refractivity contribution in [3.05, 3.63) is 78.9 Å². The number of rotatable bonds is 3. The molecule has 0 spiro atoms. The zero-order chi connectivity index (χ0) is 19.8. The molecule has 0 amide bonds. The number of H-pyrrole nitrogens is 1. The molecule has 0 atom stereocenters. The summed E-state index contributed by atoms with van der Waals surface area (Å²) in [7, 11) is 0. The number of aromatic hydroxyl groups is 2. The van der Waals surface area contributed by atoms with Gasteiger partial charge in [0.15, 0.2) is 0 Å². The summed E-state index contributed by atoms with van der Waals surface area (Å²) in [4.78, 5) is 9.68. The normalized spacial score (nSPS) is 11.0. The number of aromatic amines is 1. The summed E-state index contributed by atoms with van der Waals surface area (Å²) in [5, 5.41) is 26.7. The second kappa shape index (κ2) is 6.76. The van der Waals surface area contributed by atoms with Gasteiger partial charge in [0.05, 0.1) is 17.1 Å². The van der Waals surface area contributed by atoms with Crippen LogP contribution in [0.2, 0.25) is 0 Å². The van der Waals surface area contributed by atoms with Gasteiger partial charge < -0.3 is 10.2 Å². The van der Waals surface area contributed by atoms with E-state index in [0.717, 1.165) is 22.4 Å². The van der Waals surface area contributed by atoms with Crippen LogP contribution in [-0.2, 0) is 0 Å². The molecule has 5 aromatic rings. The first kappa shape index (κ1) is 16.9. The molecule has 0 aliphatic rings. The van der Waals surface area contributed by atoms with Crippen LogP contribution in [0.15, 0.2) is 78.9 Å². The van der Waals surface area contributed by atoms with Crippen LogP contribution in [0, 0.1) is 0 Å². The second-order valence-corrected chi connectivity index (χ2v) is 6.65. The molecular weight excluding hydrogens is 364 g/mol. The van der Waals surface area contributed by atoms with Crippen molar-refractivity contribution in [3.8, 4) is 45.3 Å². The highest BCUT2D eigenvalue weighted by molar-refractivity contribution is 5.92. The first-order valence-corrected chi connectivity index (χ1v) is 9.09. The minimum atomic E-state index is 0.181. The number of nitrogens with one attached hydrogen (secondary N) is 1. The van der Waals surface area contributed by atoms with Gasteiger partial charge in [-0.05, 0) is 48.5 Å². The molecule has 0 bridgehead atoms. The average molecular weight is 380 g/mol. The lowest BCUT2D eigenvalue weighted by Gasteiger charge is -2.09. The third-order valence-electron chi connectivity index (χ3n) is 4.73. The molecule has 6 heteroatoms. The summed E-state index contributed by atoms with van der Waals surface area (Å²) in [5.74, 6) is 0.363. The maximum absolute atomic E-state index is 9.67. The van der Waals surface area contributed by atoms with Crippen molar-refractivity contribution in [2.75, 3.05) is 0 Å². The Morgan fingerprint density at radius 2 is 1.14 bits per heavy atom. The van der Waals surface area contributed by atoms with E-state index in [9.17, 15) is 10.2 Å². The standard InChI is InChI=1S/C23H16N4O2/c28-17-10-6-15(7-11-17)19-20(16-8-12-18(29)13-9-16)25-23-22(24-19)21(26-27-23)14-4-2-1-3-5-14/h1-13,28-29H,(H,25,26,27). The molecular formula is C23H16N4O2. The van der Waals surface area contributed by atoms with Crippen molar-refractivity contribution >= 4 is 11.2 Å². The number of phenolic OH excluding ortho intramolecular Hbond substituents is 2. The first-order chi connectivity index (χ1) is 14.2. The highest BCUT2D eigenvalue weighted by Gasteiger charge is 2.18. The Kier molecular flexibility index (Phi) is 3.95. The quantitative estimate of drug-likeness (QED) is 0.419. The van der Waals surface area contributed by atoms with Crippen molar-refractivity contribution in [1.29, 1.82) is 0 Å². The second-order valence-electron chi connectivity index (χ2n) is 6.65. The predicted molar refractivity (Wildman–Crippen MR) is 111 cm³/mol. The van der Waals surface area contributed by atoms with Crippen LogP contribution in [0.1, 0.15) is 0 Å². The van der Waals surface area contributed by atoms with Gasteiger partial charge in [-0.1, -0.05) is 30.3 Å². The van der Waals surface area contributed by atoms with Gasteiger partial charge in [-0.3, -0.25) is 5.10 Å². The molecule has 2 aromatic heterocycles. The Labute approximate surface area is 166 Å². The third kappa shape index (κ3) is 3.06. The molecule has 0 aliphatic carbocycles. The summed E-state index contributed by atoms with van der Waals surface area (Å²) >= 11 is 0. The molecule has 0 saturated carbocycles. The maximum atomic E-state index is 9.67. The van der Waals surface area contributed by atoms with Crippen molar-refractivity contribution in [1.82, 2.24) is 20.2 Å². The lowest BCUT2D eigenvalue weighted by atomic mass is 10.0. The van der Waals surface area contributed by atoms with Gasteiger partial charge in [0.25, 0.3) is 0 Å². The summed E-state index contributed by atoms with van der Waals surface area (Å²) in [6.07, 6.45) is 0. The van der Waals surface area contributed by atoms with E-state index in [1.54, 1.807) is 48.5 Å². The average Bonchev–Trinajstić information content (AvgIpc) is 3.18. The highest BCUT2D eigenvalue weighted by atomic mass is 16.3. The smallest absolute Gasteiger partial charge is 0.200 e. The molecule has 0 saturated heterocycles. The Balaban J connectivity index is 1.78. The van der Waals surface area contributed by atoms with Gasteiger partial charge >= 0.3 is 0 Å². The van der Waals surface area contributed by atoms with E-state index in [1.807, 2.05) is 30.3 Å². The number of fused-ring (bicyclic) bond motifs is 1. The third-order valence-corrected chi connectivity index (χ3v) is 4.73. The molecule has 140 valence electrons. The van der Waals surface area contributed by atoms with Crippen LogP contribution in [0.25, 0.3) is 44.9 Å². The molecule has 0 radical (unpaired) electrons.